The fourth-order valence-electron chi connectivity index (χ4n) is 0.908. The number of hydrogen-bond acceptors (Lipinski definition) is 2. The Hall–Kier alpha value is -1.35. The van der Waals surface area contributed by atoms with Crippen molar-refractivity contribution >= 4 is 21.7 Å². The van der Waals surface area contributed by atoms with E-state index in [1.54, 1.807) is 18.2 Å². The zero-order valence-electron chi connectivity index (χ0n) is 6.40. The van der Waals surface area contributed by atoms with Gasteiger partial charge in [-0.25, -0.2) is 0 Å². The first kappa shape index (κ1) is 8.74. The van der Waals surface area contributed by atoms with E-state index in [0.29, 0.717) is 5.56 Å². The van der Waals surface area contributed by atoms with Crippen molar-refractivity contribution in [2.24, 2.45) is 0 Å². The third-order valence-electron chi connectivity index (χ3n) is 1.44. The van der Waals surface area contributed by atoms with Crippen LogP contribution in [0.2, 0.25) is 0 Å². The number of rotatable bonds is 2. The van der Waals surface area contributed by atoms with Gasteiger partial charge in [0.25, 0.3) is 0 Å². The largest absolute Gasteiger partial charge is 0.214 e. The SMILES string of the molecule is C=Cc1ccccc1C=S(=O)=O. The molecular weight excluding hydrogens is 172 g/mol. The Labute approximate surface area is 72.7 Å². The highest BCUT2D eigenvalue weighted by Gasteiger charge is 1.92. The number of benzene rings is 1. The van der Waals surface area contributed by atoms with Crippen molar-refractivity contribution in [1.82, 2.24) is 0 Å². The molecule has 3 heteroatoms. The summed E-state index contributed by atoms with van der Waals surface area (Å²) >= 11 is 0. The van der Waals surface area contributed by atoms with Crippen LogP contribution in [0.25, 0.3) is 6.08 Å². The van der Waals surface area contributed by atoms with Gasteiger partial charge in [-0.3, -0.25) is 0 Å². The minimum Gasteiger partial charge on any atom is -0.185 e. The van der Waals surface area contributed by atoms with Crippen LogP contribution in [0.1, 0.15) is 11.1 Å². The molecule has 0 aliphatic carbocycles. The maximum atomic E-state index is 10.3. The quantitative estimate of drug-likeness (QED) is 0.644. The minimum absolute atomic E-state index is 0.667. The number of hydrogen-bond donors (Lipinski definition) is 0. The van der Waals surface area contributed by atoms with Gasteiger partial charge < -0.3 is 0 Å². The van der Waals surface area contributed by atoms with Crippen LogP contribution in [-0.2, 0) is 10.3 Å². The van der Waals surface area contributed by atoms with Crippen molar-refractivity contribution in [3.8, 4) is 0 Å². The Kier molecular flexibility index (Phi) is 2.82. The van der Waals surface area contributed by atoms with Gasteiger partial charge in [0.05, 0.1) is 5.37 Å². The maximum absolute atomic E-state index is 10.3. The van der Waals surface area contributed by atoms with E-state index in [2.05, 4.69) is 6.58 Å². The van der Waals surface area contributed by atoms with Gasteiger partial charge in [-0.05, 0) is 11.1 Å². The summed E-state index contributed by atoms with van der Waals surface area (Å²) in [6.07, 6.45) is 1.62. The second kappa shape index (κ2) is 3.88. The first-order chi connectivity index (χ1) is 5.74. The lowest BCUT2D eigenvalue weighted by atomic mass is 10.1. The van der Waals surface area contributed by atoms with Gasteiger partial charge in [-0.2, -0.15) is 8.42 Å². The van der Waals surface area contributed by atoms with Crippen LogP contribution in [0.4, 0.5) is 0 Å². The predicted molar refractivity (Wildman–Crippen MR) is 50.6 cm³/mol. The molecule has 1 aromatic carbocycles. The Morgan fingerprint density at radius 1 is 1.17 bits per heavy atom. The molecule has 0 amide bonds. The van der Waals surface area contributed by atoms with E-state index in [9.17, 15) is 8.42 Å². The molecule has 0 aliphatic rings. The van der Waals surface area contributed by atoms with Gasteiger partial charge >= 0.3 is 0 Å². The lowest BCUT2D eigenvalue weighted by Crippen LogP contribution is -1.85. The van der Waals surface area contributed by atoms with Gasteiger partial charge in [0.1, 0.15) is 0 Å². The highest BCUT2D eigenvalue weighted by atomic mass is 32.2. The lowest BCUT2D eigenvalue weighted by Gasteiger charge is -1.95. The summed E-state index contributed by atoms with van der Waals surface area (Å²) in [5, 5.41) is 1.16. The zero-order valence-corrected chi connectivity index (χ0v) is 7.21. The molecule has 0 heterocycles. The zero-order chi connectivity index (χ0) is 8.97. The molecule has 12 heavy (non-hydrogen) atoms. The molecule has 0 N–H and O–H groups in total. The molecule has 0 atom stereocenters. The summed E-state index contributed by atoms with van der Waals surface area (Å²) in [7, 11) is -2.15. The fourth-order valence-corrected chi connectivity index (χ4v) is 1.33. The summed E-state index contributed by atoms with van der Waals surface area (Å²) in [5.41, 5.74) is 1.49. The van der Waals surface area contributed by atoms with Crippen LogP contribution in [0.3, 0.4) is 0 Å². The smallest absolute Gasteiger partial charge is 0.185 e. The fraction of sp³-hybridized carbons (Fsp3) is 0. The van der Waals surface area contributed by atoms with E-state index in [4.69, 9.17) is 0 Å². The minimum atomic E-state index is -2.15. The Bertz CT molecular complexity index is 408. The van der Waals surface area contributed by atoms with Crippen molar-refractivity contribution in [2.45, 2.75) is 0 Å². The molecule has 0 saturated heterocycles. The van der Waals surface area contributed by atoms with Crippen LogP contribution >= 0.6 is 0 Å². The molecule has 0 unspecified atom stereocenters. The lowest BCUT2D eigenvalue weighted by molar-refractivity contribution is 0.627. The maximum Gasteiger partial charge on any atom is 0.214 e. The third kappa shape index (κ3) is 2.07. The average molecular weight is 180 g/mol. The molecule has 0 fully saturated rings. The molecular formula is C9H8O2S. The third-order valence-corrected chi connectivity index (χ3v) is 1.89. The van der Waals surface area contributed by atoms with Crippen molar-refractivity contribution < 1.29 is 8.42 Å². The molecule has 0 aliphatic heterocycles. The Morgan fingerprint density at radius 2 is 1.75 bits per heavy atom. The van der Waals surface area contributed by atoms with Crippen LogP contribution in [0, 0.1) is 0 Å². The topological polar surface area (TPSA) is 34.1 Å². The average Bonchev–Trinajstić information content (AvgIpc) is 2.04. The van der Waals surface area contributed by atoms with Crippen LogP contribution in [-0.4, -0.2) is 13.8 Å². The van der Waals surface area contributed by atoms with E-state index < -0.39 is 10.3 Å². The summed E-state index contributed by atoms with van der Waals surface area (Å²) in [6, 6.07) is 7.16. The van der Waals surface area contributed by atoms with Crippen molar-refractivity contribution in [1.29, 1.82) is 0 Å². The van der Waals surface area contributed by atoms with Gasteiger partial charge in [-0.15, -0.1) is 0 Å². The predicted octanol–water partition coefficient (Wildman–Crippen LogP) is 1.36. The molecule has 0 bridgehead atoms. The monoisotopic (exact) mass is 180 g/mol. The van der Waals surface area contributed by atoms with Gasteiger partial charge in [0.2, 0.25) is 10.3 Å². The Morgan fingerprint density at radius 3 is 2.25 bits per heavy atom. The van der Waals surface area contributed by atoms with Crippen LogP contribution < -0.4 is 0 Å². The summed E-state index contributed by atoms with van der Waals surface area (Å²) in [5.74, 6) is 0. The van der Waals surface area contributed by atoms with Gasteiger partial charge in [0.15, 0.2) is 0 Å². The van der Waals surface area contributed by atoms with E-state index in [0.717, 1.165) is 10.9 Å². The van der Waals surface area contributed by atoms with Crippen molar-refractivity contribution in [3.63, 3.8) is 0 Å². The van der Waals surface area contributed by atoms with Crippen LogP contribution in [0.15, 0.2) is 30.8 Å². The standard InChI is InChI=1S/C9H8O2S/c1-2-8-5-3-4-6-9(8)7-12(10)11/h2-7H,1H2. The van der Waals surface area contributed by atoms with E-state index in [-0.39, 0.29) is 0 Å². The van der Waals surface area contributed by atoms with Crippen molar-refractivity contribution in [2.75, 3.05) is 0 Å². The normalized spacial score (nSPS) is 9.00. The molecule has 0 radical (unpaired) electrons. The van der Waals surface area contributed by atoms with Gasteiger partial charge in [-0.1, -0.05) is 36.9 Å². The molecule has 0 spiro atoms. The summed E-state index contributed by atoms with van der Waals surface area (Å²) < 4.78 is 20.7. The van der Waals surface area contributed by atoms with Gasteiger partial charge in [0, 0.05) is 0 Å². The summed E-state index contributed by atoms with van der Waals surface area (Å²) in [4.78, 5) is 0. The molecule has 2 nitrogen and oxygen atoms in total. The molecule has 1 aromatic rings. The Balaban J connectivity index is 3.32. The molecule has 0 saturated carbocycles. The second-order valence-electron chi connectivity index (χ2n) is 2.21. The summed E-state index contributed by atoms with van der Waals surface area (Å²) in [6.45, 7) is 3.58. The van der Waals surface area contributed by atoms with Crippen LogP contribution in [0.5, 0.6) is 0 Å². The molecule has 62 valence electrons. The van der Waals surface area contributed by atoms with E-state index in [1.165, 1.54) is 0 Å². The second-order valence-corrected chi connectivity index (χ2v) is 2.97. The first-order valence-electron chi connectivity index (χ1n) is 3.38. The highest BCUT2D eigenvalue weighted by molar-refractivity contribution is 7.71. The highest BCUT2D eigenvalue weighted by Crippen LogP contribution is 2.06. The van der Waals surface area contributed by atoms with E-state index >= 15 is 0 Å². The molecule has 0 aromatic heterocycles. The molecule has 1 rings (SSSR count). The first-order valence-corrected chi connectivity index (χ1v) is 4.52. The van der Waals surface area contributed by atoms with Crippen molar-refractivity contribution in [3.05, 3.63) is 42.0 Å². The van der Waals surface area contributed by atoms with E-state index in [1.807, 2.05) is 12.1 Å².